The van der Waals surface area contributed by atoms with Crippen molar-refractivity contribution in [1.29, 1.82) is 0 Å². The summed E-state index contributed by atoms with van der Waals surface area (Å²) in [6, 6.07) is 3.13. The van der Waals surface area contributed by atoms with Crippen molar-refractivity contribution in [1.82, 2.24) is 19.5 Å². The van der Waals surface area contributed by atoms with E-state index < -0.39 is 0 Å². The summed E-state index contributed by atoms with van der Waals surface area (Å²) in [5.74, 6) is -0.158. The van der Waals surface area contributed by atoms with Crippen molar-refractivity contribution < 1.29 is 4.79 Å². The summed E-state index contributed by atoms with van der Waals surface area (Å²) >= 11 is 0. The topological polar surface area (TPSA) is 89.8 Å². The number of amides is 1. The van der Waals surface area contributed by atoms with Crippen LogP contribution in [0.15, 0.2) is 35.6 Å². The van der Waals surface area contributed by atoms with Gasteiger partial charge in [0.15, 0.2) is 0 Å². The van der Waals surface area contributed by atoms with Gasteiger partial charge >= 0.3 is 0 Å². The minimum atomic E-state index is -0.369. The molecule has 0 aliphatic heterocycles. The lowest BCUT2D eigenvalue weighted by Gasteiger charge is -2.06. The van der Waals surface area contributed by atoms with Gasteiger partial charge in [-0.3, -0.25) is 19.5 Å². The van der Waals surface area contributed by atoms with Gasteiger partial charge in [-0.15, -0.1) is 0 Å². The second kappa shape index (κ2) is 7.28. The number of rotatable bonds is 6. The summed E-state index contributed by atoms with van der Waals surface area (Å²) in [7, 11) is 0. The van der Waals surface area contributed by atoms with Crippen LogP contribution in [0.5, 0.6) is 0 Å². The predicted molar refractivity (Wildman–Crippen MR) is 77.8 cm³/mol. The van der Waals surface area contributed by atoms with Crippen LogP contribution in [0.2, 0.25) is 0 Å². The molecule has 2 aromatic heterocycles. The van der Waals surface area contributed by atoms with Crippen molar-refractivity contribution in [2.45, 2.75) is 32.7 Å². The molecule has 2 rings (SSSR count). The molecule has 0 fully saturated rings. The Bertz CT molecular complexity index is 654. The van der Waals surface area contributed by atoms with Gasteiger partial charge in [-0.2, -0.15) is 0 Å². The maximum absolute atomic E-state index is 11.9. The van der Waals surface area contributed by atoms with Crippen LogP contribution in [-0.4, -0.2) is 25.4 Å². The summed E-state index contributed by atoms with van der Waals surface area (Å²) in [6.45, 7) is 1.97. The first kappa shape index (κ1) is 14.8. The number of anilines is 1. The second-order valence-electron chi connectivity index (χ2n) is 4.57. The zero-order valence-electron chi connectivity index (χ0n) is 11.8. The fourth-order valence-corrected chi connectivity index (χ4v) is 1.76. The van der Waals surface area contributed by atoms with E-state index in [9.17, 15) is 9.59 Å². The molecular formula is C14H17N5O2. The van der Waals surface area contributed by atoms with Crippen LogP contribution in [0, 0.1) is 0 Å². The number of unbranched alkanes of at least 4 members (excludes halogenated alkanes) is 1. The lowest BCUT2D eigenvalue weighted by molar-refractivity contribution is -0.116. The molecule has 21 heavy (non-hydrogen) atoms. The van der Waals surface area contributed by atoms with E-state index in [1.165, 1.54) is 29.4 Å². The Labute approximate surface area is 122 Å². The lowest BCUT2D eigenvalue weighted by atomic mass is 10.2. The third kappa shape index (κ3) is 4.48. The Morgan fingerprint density at radius 2 is 2.05 bits per heavy atom. The van der Waals surface area contributed by atoms with Gasteiger partial charge in [0, 0.05) is 24.2 Å². The average molecular weight is 287 g/mol. The maximum Gasteiger partial charge on any atom is 0.253 e. The highest BCUT2D eigenvalue weighted by Crippen LogP contribution is 1.99. The minimum absolute atomic E-state index is 0.113. The summed E-state index contributed by atoms with van der Waals surface area (Å²) in [5.41, 5.74) is 0.519. The summed E-state index contributed by atoms with van der Waals surface area (Å²) < 4.78 is 1.26. The van der Waals surface area contributed by atoms with Gasteiger partial charge in [0.2, 0.25) is 11.9 Å². The van der Waals surface area contributed by atoms with Crippen molar-refractivity contribution in [3.63, 3.8) is 0 Å². The van der Waals surface area contributed by atoms with E-state index in [0.29, 0.717) is 0 Å². The first-order valence-corrected chi connectivity index (χ1v) is 6.81. The number of hydrogen-bond donors (Lipinski definition) is 1. The third-order valence-electron chi connectivity index (χ3n) is 2.85. The molecule has 1 amide bonds. The highest BCUT2D eigenvalue weighted by molar-refractivity contribution is 5.88. The largest absolute Gasteiger partial charge is 0.293 e. The van der Waals surface area contributed by atoms with E-state index in [0.717, 1.165) is 25.0 Å². The predicted octanol–water partition coefficient (Wildman–Crippen LogP) is 1.01. The molecule has 1 N–H and O–H groups in total. The Kier molecular flexibility index (Phi) is 5.14. The molecule has 0 saturated heterocycles. The zero-order chi connectivity index (χ0) is 15.1. The van der Waals surface area contributed by atoms with Gasteiger partial charge in [-0.05, 0) is 18.9 Å². The normalized spacial score (nSPS) is 10.3. The number of nitrogens with zero attached hydrogens (tertiary/aromatic N) is 4. The van der Waals surface area contributed by atoms with Crippen molar-refractivity contribution in [3.8, 4) is 0 Å². The molecule has 2 aromatic rings. The number of aryl methyl sites for hydroxylation is 1. The molecule has 0 bridgehead atoms. The standard InChI is InChI=1S/C14H17N5O2/c1-2-3-5-11-8-13(21)19(10-17-11)9-12(20)18-14-15-6-4-7-16-14/h4,6-8,10H,2-3,5,9H2,1H3,(H,15,16,18,20). The third-order valence-corrected chi connectivity index (χ3v) is 2.85. The van der Waals surface area contributed by atoms with Crippen LogP contribution in [0.3, 0.4) is 0 Å². The van der Waals surface area contributed by atoms with Crippen molar-refractivity contribution in [3.05, 3.63) is 46.9 Å². The van der Waals surface area contributed by atoms with Crippen molar-refractivity contribution in [2.75, 3.05) is 5.32 Å². The van der Waals surface area contributed by atoms with Gasteiger partial charge < -0.3 is 0 Å². The maximum atomic E-state index is 11.9. The number of hydrogen-bond acceptors (Lipinski definition) is 5. The van der Waals surface area contributed by atoms with E-state index in [-0.39, 0.29) is 24.0 Å². The fraction of sp³-hybridized carbons (Fsp3) is 0.357. The fourth-order valence-electron chi connectivity index (χ4n) is 1.76. The first-order valence-electron chi connectivity index (χ1n) is 6.81. The Hall–Kier alpha value is -2.57. The number of carbonyl (C=O) groups excluding carboxylic acids is 1. The van der Waals surface area contributed by atoms with Crippen molar-refractivity contribution >= 4 is 11.9 Å². The van der Waals surface area contributed by atoms with Gasteiger partial charge in [0.25, 0.3) is 5.56 Å². The van der Waals surface area contributed by atoms with E-state index >= 15 is 0 Å². The van der Waals surface area contributed by atoms with E-state index in [1.54, 1.807) is 6.07 Å². The molecule has 0 aromatic carbocycles. The molecule has 0 spiro atoms. The smallest absolute Gasteiger partial charge is 0.253 e. The van der Waals surface area contributed by atoms with Gasteiger partial charge in [-0.25, -0.2) is 15.0 Å². The Morgan fingerprint density at radius 1 is 1.29 bits per heavy atom. The molecule has 0 radical (unpaired) electrons. The molecule has 0 atom stereocenters. The minimum Gasteiger partial charge on any atom is -0.293 e. The summed E-state index contributed by atoms with van der Waals surface area (Å²) in [5, 5.41) is 2.52. The zero-order valence-corrected chi connectivity index (χ0v) is 11.8. The van der Waals surface area contributed by atoms with Gasteiger partial charge in [0.05, 0.1) is 6.33 Å². The van der Waals surface area contributed by atoms with E-state index in [4.69, 9.17) is 0 Å². The quantitative estimate of drug-likeness (QED) is 0.856. The number of aromatic nitrogens is 4. The van der Waals surface area contributed by atoms with Crippen LogP contribution in [0.25, 0.3) is 0 Å². The molecule has 0 aliphatic carbocycles. The molecule has 0 saturated carbocycles. The Balaban J connectivity index is 1.99. The Morgan fingerprint density at radius 3 is 2.71 bits per heavy atom. The van der Waals surface area contributed by atoms with Crippen LogP contribution in [0.1, 0.15) is 25.5 Å². The molecule has 2 heterocycles. The van der Waals surface area contributed by atoms with E-state index in [2.05, 4.69) is 27.2 Å². The van der Waals surface area contributed by atoms with Crippen LogP contribution >= 0.6 is 0 Å². The molecular weight excluding hydrogens is 270 g/mol. The van der Waals surface area contributed by atoms with Crippen molar-refractivity contribution in [2.24, 2.45) is 0 Å². The molecule has 0 aliphatic rings. The molecule has 7 nitrogen and oxygen atoms in total. The average Bonchev–Trinajstić information content (AvgIpc) is 2.48. The molecule has 0 unspecified atom stereocenters. The first-order chi connectivity index (χ1) is 10.2. The van der Waals surface area contributed by atoms with Crippen LogP contribution < -0.4 is 10.9 Å². The lowest BCUT2D eigenvalue weighted by Crippen LogP contribution is -2.28. The summed E-state index contributed by atoms with van der Waals surface area (Å²) in [4.78, 5) is 35.7. The molecule has 7 heteroatoms. The van der Waals surface area contributed by atoms with E-state index in [1.807, 2.05) is 0 Å². The highest BCUT2D eigenvalue weighted by atomic mass is 16.2. The monoisotopic (exact) mass is 287 g/mol. The second-order valence-corrected chi connectivity index (χ2v) is 4.57. The van der Waals surface area contributed by atoms with Crippen LogP contribution in [-0.2, 0) is 17.8 Å². The number of carbonyl (C=O) groups is 1. The number of nitrogens with one attached hydrogen (secondary N) is 1. The summed E-state index contributed by atoms with van der Waals surface area (Å²) in [6.07, 6.45) is 7.26. The SMILES string of the molecule is CCCCc1cc(=O)n(CC(=O)Nc2ncccn2)cn1. The highest BCUT2D eigenvalue weighted by Gasteiger charge is 2.07. The molecule has 110 valence electrons. The van der Waals surface area contributed by atoms with Gasteiger partial charge in [0.1, 0.15) is 6.54 Å². The van der Waals surface area contributed by atoms with Crippen LogP contribution in [0.4, 0.5) is 5.95 Å². The van der Waals surface area contributed by atoms with Gasteiger partial charge in [-0.1, -0.05) is 13.3 Å².